The van der Waals surface area contributed by atoms with Crippen molar-refractivity contribution < 1.29 is 14.3 Å². The Bertz CT molecular complexity index is 901. The van der Waals surface area contributed by atoms with Gasteiger partial charge in [0, 0.05) is 31.9 Å². The molecule has 1 aliphatic rings. The van der Waals surface area contributed by atoms with Crippen LogP contribution in [-0.4, -0.2) is 62.9 Å². The number of piperidine rings is 1. The van der Waals surface area contributed by atoms with E-state index in [1.165, 1.54) is 0 Å². The largest absolute Gasteiger partial charge is 0.444 e. The highest BCUT2D eigenvalue weighted by atomic mass is 16.6. The second-order valence-corrected chi connectivity index (χ2v) is 9.88. The molecule has 1 unspecified atom stereocenters. The molecule has 7 nitrogen and oxygen atoms in total. The zero-order chi connectivity index (χ0) is 23.3. The zero-order valence-corrected chi connectivity index (χ0v) is 20.0. The number of likely N-dealkylation sites (tertiary alicyclic amines) is 1. The molecular weight excluding hydrogens is 404 g/mol. The van der Waals surface area contributed by atoms with Crippen LogP contribution in [0.4, 0.5) is 4.79 Å². The van der Waals surface area contributed by atoms with Crippen LogP contribution in [0, 0.1) is 5.92 Å². The van der Waals surface area contributed by atoms with Crippen LogP contribution in [0.3, 0.4) is 0 Å². The van der Waals surface area contributed by atoms with Gasteiger partial charge in [-0.15, -0.1) is 0 Å². The van der Waals surface area contributed by atoms with E-state index in [0.29, 0.717) is 19.5 Å². The minimum atomic E-state index is -0.525. The molecule has 0 saturated carbocycles. The number of carbonyl (C=O) groups is 2. The molecule has 0 bridgehead atoms. The molecule has 2 aromatic rings. The Morgan fingerprint density at radius 1 is 1.22 bits per heavy atom. The van der Waals surface area contributed by atoms with E-state index in [4.69, 9.17) is 4.74 Å². The summed E-state index contributed by atoms with van der Waals surface area (Å²) >= 11 is 0. The Hall–Kier alpha value is -2.83. The fourth-order valence-corrected chi connectivity index (χ4v) is 4.00. The van der Waals surface area contributed by atoms with Crippen molar-refractivity contribution in [3.63, 3.8) is 0 Å². The number of amides is 2. The molecule has 32 heavy (non-hydrogen) atoms. The maximum absolute atomic E-state index is 13.0. The summed E-state index contributed by atoms with van der Waals surface area (Å²) in [6.45, 7) is 11.7. The Morgan fingerprint density at radius 3 is 2.59 bits per heavy atom. The fourth-order valence-electron chi connectivity index (χ4n) is 4.00. The van der Waals surface area contributed by atoms with Crippen molar-refractivity contribution in [3.05, 3.63) is 48.3 Å². The SMILES string of the molecule is CC(C)N(CC1CCCN(C(=O)Cc2cnn(-c3ccccc3)c2)C1)C(=O)OC(C)(C)C. The number of hydrogen-bond donors (Lipinski definition) is 0. The van der Waals surface area contributed by atoms with Gasteiger partial charge in [-0.05, 0) is 71.1 Å². The predicted octanol–water partition coefficient (Wildman–Crippen LogP) is 4.30. The lowest BCUT2D eigenvalue weighted by atomic mass is 9.96. The normalized spacial score (nSPS) is 16.8. The number of ether oxygens (including phenoxy) is 1. The van der Waals surface area contributed by atoms with E-state index in [0.717, 1.165) is 30.6 Å². The van der Waals surface area contributed by atoms with Crippen LogP contribution in [0.1, 0.15) is 53.0 Å². The molecule has 7 heteroatoms. The van der Waals surface area contributed by atoms with Gasteiger partial charge >= 0.3 is 6.09 Å². The average molecular weight is 441 g/mol. The third-order valence-electron chi connectivity index (χ3n) is 5.59. The maximum atomic E-state index is 13.0. The van der Waals surface area contributed by atoms with E-state index in [-0.39, 0.29) is 24.0 Å². The van der Waals surface area contributed by atoms with Gasteiger partial charge in [-0.1, -0.05) is 18.2 Å². The number of hydrogen-bond acceptors (Lipinski definition) is 4. The van der Waals surface area contributed by atoms with Gasteiger partial charge in [-0.3, -0.25) is 4.79 Å². The van der Waals surface area contributed by atoms with Crippen molar-refractivity contribution in [1.82, 2.24) is 19.6 Å². The lowest BCUT2D eigenvalue weighted by Gasteiger charge is -2.37. The van der Waals surface area contributed by atoms with Gasteiger partial charge in [0.25, 0.3) is 0 Å². The predicted molar refractivity (Wildman–Crippen MR) is 125 cm³/mol. The standard InChI is InChI=1S/C25H36N4O3/c1-19(2)28(24(31)32-25(3,4)5)17-20-10-9-13-27(16-20)23(30)14-21-15-26-29(18-21)22-11-7-6-8-12-22/h6-8,11-12,15,18-20H,9-10,13-14,16-17H2,1-5H3. The van der Waals surface area contributed by atoms with Crippen molar-refractivity contribution in [3.8, 4) is 5.69 Å². The zero-order valence-electron chi connectivity index (χ0n) is 20.0. The Morgan fingerprint density at radius 2 is 1.94 bits per heavy atom. The Balaban J connectivity index is 1.58. The molecule has 1 fully saturated rings. The van der Waals surface area contributed by atoms with Crippen molar-refractivity contribution in [2.75, 3.05) is 19.6 Å². The number of aromatic nitrogens is 2. The topological polar surface area (TPSA) is 67.7 Å². The van der Waals surface area contributed by atoms with Gasteiger partial charge in [-0.2, -0.15) is 5.10 Å². The minimum Gasteiger partial charge on any atom is -0.444 e. The maximum Gasteiger partial charge on any atom is 0.410 e. The molecule has 1 aromatic heterocycles. The molecular formula is C25H36N4O3. The number of nitrogens with zero attached hydrogens (tertiary/aromatic N) is 4. The number of carbonyl (C=O) groups excluding carboxylic acids is 2. The van der Waals surface area contributed by atoms with E-state index in [1.54, 1.807) is 15.8 Å². The van der Waals surface area contributed by atoms with Gasteiger partial charge in [0.15, 0.2) is 0 Å². The first-order valence-corrected chi connectivity index (χ1v) is 11.5. The molecule has 2 amide bonds. The second kappa shape index (κ2) is 10.2. The van der Waals surface area contributed by atoms with Gasteiger partial charge in [0.1, 0.15) is 5.60 Å². The van der Waals surface area contributed by atoms with E-state index >= 15 is 0 Å². The fraction of sp³-hybridized carbons (Fsp3) is 0.560. The van der Waals surface area contributed by atoms with Crippen LogP contribution >= 0.6 is 0 Å². The van der Waals surface area contributed by atoms with Gasteiger partial charge in [-0.25, -0.2) is 9.48 Å². The number of rotatable bonds is 6. The highest BCUT2D eigenvalue weighted by Gasteiger charge is 2.30. The first-order chi connectivity index (χ1) is 15.1. The lowest BCUT2D eigenvalue weighted by Crippen LogP contribution is -2.48. The first-order valence-electron chi connectivity index (χ1n) is 11.5. The van der Waals surface area contributed by atoms with Crippen LogP contribution < -0.4 is 0 Å². The Labute approximate surface area is 191 Å². The summed E-state index contributed by atoms with van der Waals surface area (Å²) in [7, 11) is 0. The Kier molecular flexibility index (Phi) is 7.59. The van der Waals surface area contributed by atoms with Crippen molar-refractivity contribution >= 4 is 12.0 Å². The quantitative estimate of drug-likeness (QED) is 0.672. The molecule has 1 atom stereocenters. The second-order valence-electron chi connectivity index (χ2n) is 9.88. The highest BCUT2D eigenvalue weighted by Crippen LogP contribution is 2.21. The molecule has 1 aromatic carbocycles. The van der Waals surface area contributed by atoms with E-state index in [9.17, 15) is 9.59 Å². The summed E-state index contributed by atoms with van der Waals surface area (Å²) in [5.74, 6) is 0.352. The summed E-state index contributed by atoms with van der Waals surface area (Å²) in [6.07, 6.45) is 5.66. The van der Waals surface area contributed by atoms with Crippen molar-refractivity contribution in [2.45, 2.75) is 65.5 Å². The van der Waals surface area contributed by atoms with Crippen molar-refractivity contribution in [2.24, 2.45) is 5.92 Å². The summed E-state index contributed by atoms with van der Waals surface area (Å²) in [4.78, 5) is 29.4. The molecule has 0 N–H and O–H groups in total. The molecule has 174 valence electrons. The monoisotopic (exact) mass is 440 g/mol. The molecule has 1 aliphatic heterocycles. The van der Waals surface area contributed by atoms with E-state index in [1.807, 2.05) is 76.0 Å². The van der Waals surface area contributed by atoms with E-state index in [2.05, 4.69) is 5.10 Å². The third kappa shape index (κ3) is 6.58. The summed E-state index contributed by atoms with van der Waals surface area (Å²) in [6, 6.07) is 9.91. The van der Waals surface area contributed by atoms with Crippen LogP contribution in [0.5, 0.6) is 0 Å². The van der Waals surface area contributed by atoms with Crippen molar-refractivity contribution in [1.29, 1.82) is 0 Å². The summed E-state index contributed by atoms with van der Waals surface area (Å²) in [5.41, 5.74) is 1.35. The number of benzene rings is 1. The van der Waals surface area contributed by atoms with Crippen LogP contribution in [0.2, 0.25) is 0 Å². The van der Waals surface area contributed by atoms with Crippen LogP contribution in [0.25, 0.3) is 5.69 Å². The van der Waals surface area contributed by atoms with E-state index < -0.39 is 5.60 Å². The molecule has 0 aliphatic carbocycles. The van der Waals surface area contributed by atoms with Gasteiger partial charge < -0.3 is 14.5 Å². The third-order valence-corrected chi connectivity index (χ3v) is 5.59. The molecule has 3 rings (SSSR count). The van der Waals surface area contributed by atoms with Gasteiger partial charge in [0.05, 0.1) is 18.3 Å². The average Bonchev–Trinajstić information content (AvgIpc) is 3.20. The summed E-state index contributed by atoms with van der Waals surface area (Å²) < 4.78 is 7.39. The minimum absolute atomic E-state index is 0.0414. The van der Waals surface area contributed by atoms with Crippen LogP contribution in [0.15, 0.2) is 42.7 Å². The molecule has 1 saturated heterocycles. The summed E-state index contributed by atoms with van der Waals surface area (Å²) in [5, 5.41) is 4.39. The smallest absolute Gasteiger partial charge is 0.410 e. The van der Waals surface area contributed by atoms with Gasteiger partial charge in [0.2, 0.25) is 5.91 Å². The molecule has 2 heterocycles. The lowest BCUT2D eigenvalue weighted by molar-refractivity contribution is -0.132. The molecule has 0 spiro atoms. The highest BCUT2D eigenvalue weighted by molar-refractivity contribution is 5.78. The number of para-hydroxylation sites is 1. The van der Waals surface area contributed by atoms with Crippen LogP contribution in [-0.2, 0) is 16.0 Å². The molecule has 0 radical (unpaired) electrons. The first kappa shape index (κ1) is 23.8.